The number of Topliss-reactive ketones (excluding diaryl/α,β-unsaturated/α-hetero) is 1. The van der Waals surface area contributed by atoms with E-state index in [-0.39, 0.29) is 12.2 Å². The number of aryl methyl sites for hydroxylation is 1. The summed E-state index contributed by atoms with van der Waals surface area (Å²) < 4.78 is 6.76. The van der Waals surface area contributed by atoms with Gasteiger partial charge >= 0.3 is 0 Å². The highest BCUT2D eigenvalue weighted by atomic mass is 35.5. The Bertz CT molecular complexity index is 593. The molecule has 19 heavy (non-hydrogen) atoms. The summed E-state index contributed by atoms with van der Waals surface area (Å²) in [6.07, 6.45) is 1.78. The van der Waals surface area contributed by atoms with E-state index in [9.17, 15) is 4.79 Å². The lowest BCUT2D eigenvalue weighted by Gasteiger charge is -2.06. The van der Waals surface area contributed by atoms with Gasteiger partial charge in [0, 0.05) is 13.0 Å². The van der Waals surface area contributed by atoms with Crippen molar-refractivity contribution in [3.05, 3.63) is 46.7 Å². The first-order valence-corrected chi connectivity index (χ1v) is 6.41. The summed E-state index contributed by atoms with van der Waals surface area (Å²) in [5.74, 6) is 0.693. The van der Waals surface area contributed by atoms with Crippen LogP contribution in [0, 0.1) is 0 Å². The van der Waals surface area contributed by atoms with Crippen molar-refractivity contribution in [3.63, 3.8) is 0 Å². The molecule has 1 aromatic carbocycles. The Morgan fingerprint density at radius 1 is 1.47 bits per heavy atom. The average Bonchev–Trinajstić information content (AvgIpc) is 2.80. The minimum atomic E-state index is -0.0439. The Morgan fingerprint density at radius 3 is 2.95 bits per heavy atom. The van der Waals surface area contributed by atoms with Gasteiger partial charge in [0.2, 0.25) is 0 Å². The number of benzene rings is 1. The number of rotatable bonds is 5. The number of ether oxygens (including phenoxy) is 1. The maximum atomic E-state index is 12.3. The minimum Gasteiger partial charge on any atom is -0.497 e. The zero-order chi connectivity index (χ0) is 13.8. The molecule has 0 saturated heterocycles. The van der Waals surface area contributed by atoms with Crippen LogP contribution in [0.4, 0.5) is 0 Å². The highest BCUT2D eigenvalue weighted by Crippen LogP contribution is 2.19. The van der Waals surface area contributed by atoms with Crippen LogP contribution in [0.25, 0.3) is 0 Å². The van der Waals surface area contributed by atoms with Crippen LogP contribution >= 0.6 is 11.6 Å². The first-order valence-electron chi connectivity index (χ1n) is 6.03. The van der Waals surface area contributed by atoms with Crippen molar-refractivity contribution in [1.82, 2.24) is 9.78 Å². The van der Waals surface area contributed by atoms with Crippen molar-refractivity contribution < 1.29 is 9.53 Å². The SMILES string of the molecule is CCn1ncc(Cl)c1C(=O)Cc1cccc(OC)c1. The first-order chi connectivity index (χ1) is 9.15. The van der Waals surface area contributed by atoms with Gasteiger partial charge in [0.1, 0.15) is 11.4 Å². The molecule has 0 aliphatic heterocycles. The third-order valence-corrected chi connectivity index (χ3v) is 3.13. The molecular weight excluding hydrogens is 264 g/mol. The fourth-order valence-corrected chi connectivity index (χ4v) is 2.18. The van der Waals surface area contributed by atoms with Gasteiger partial charge in [-0.3, -0.25) is 9.48 Å². The second-order valence-electron chi connectivity index (χ2n) is 4.11. The predicted molar refractivity (Wildman–Crippen MR) is 73.9 cm³/mol. The zero-order valence-electron chi connectivity index (χ0n) is 10.9. The van der Waals surface area contributed by atoms with Crippen molar-refractivity contribution in [2.45, 2.75) is 19.9 Å². The molecule has 1 aromatic heterocycles. The summed E-state index contributed by atoms with van der Waals surface area (Å²) >= 11 is 6.01. The molecule has 0 atom stereocenters. The molecule has 0 spiro atoms. The molecule has 0 unspecified atom stereocenters. The van der Waals surface area contributed by atoms with Crippen molar-refractivity contribution in [2.24, 2.45) is 0 Å². The third-order valence-electron chi connectivity index (χ3n) is 2.86. The summed E-state index contributed by atoms with van der Waals surface area (Å²) in [7, 11) is 1.60. The van der Waals surface area contributed by atoms with Crippen molar-refractivity contribution in [3.8, 4) is 5.75 Å². The molecule has 0 saturated carbocycles. The van der Waals surface area contributed by atoms with Crippen LogP contribution in [-0.4, -0.2) is 22.7 Å². The van der Waals surface area contributed by atoms with Crippen molar-refractivity contribution in [2.75, 3.05) is 7.11 Å². The molecule has 0 aliphatic carbocycles. The quantitative estimate of drug-likeness (QED) is 0.790. The van der Waals surface area contributed by atoms with E-state index in [1.807, 2.05) is 31.2 Å². The summed E-state index contributed by atoms with van der Waals surface area (Å²) in [5, 5.41) is 4.47. The Balaban J connectivity index is 2.23. The van der Waals surface area contributed by atoms with Crippen molar-refractivity contribution in [1.29, 1.82) is 0 Å². The van der Waals surface area contributed by atoms with Gasteiger partial charge < -0.3 is 4.74 Å². The number of carbonyl (C=O) groups is 1. The second-order valence-corrected chi connectivity index (χ2v) is 4.52. The van der Waals surface area contributed by atoms with Gasteiger partial charge in [-0.1, -0.05) is 23.7 Å². The molecule has 100 valence electrons. The molecule has 0 fully saturated rings. The molecule has 0 bridgehead atoms. The molecule has 2 rings (SSSR count). The van der Waals surface area contributed by atoms with Gasteiger partial charge in [-0.2, -0.15) is 5.10 Å². The number of aromatic nitrogens is 2. The van der Waals surface area contributed by atoms with Gasteiger partial charge in [-0.05, 0) is 24.6 Å². The van der Waals surface area contributed by atoms with Gasteiger partial charge in [0.05, 0.1) is 18.3 Å². The maximum Gasteiger partial charge on any atom is 0.186 e. The Labute approximate surface area is 116 Å². The largest absolute Gasteiger partial charge is 0.497 e. The standard InChI is InChI=1S/C14H15ClN2O2/c1-3-17-14(12(15)9-16-17)13(18)8-10-5-4-6-11(7-10)19-2/h4-7,9H,3,8H2,1-2H3. The molecule has 5 heteroatoms. The fraction of sp³-hybridized carbons (Fsp3) is 0.286. The van der Waals surface area contributed by atoms with Gasteiger partial charge in [0.15, 0.2) is 5.78 Å². The van der Waals surface area contributed by atoms with E-state index in [2.05, 4.69) is 5.10 Å². The normalized spacial score (nSPS) is 10.5. The molecule has 0 amide bonds. The van der Waals surface area contributed by atoms with Gasteiger partial charge in [-0.15, -0.1) is 0 Å². The van der Waals surface area contributed by atoms with Crippen LogP contribution in [0.5, 0.6) is 5.75 Å². The van der Waals surface area contributed by atoms with E-state index in [0.29, 0.717) is 17.3 Å². The number of halogens is 1. The predicted octanol–water partition coefficient (Wildman–Crippen LogP) is 2.99. The van der Waals surface area contributed by atoms with Crippen LogP contribution < -0.4 is 4.74 Å². The topological polar surface area (TPSA) is 44.1 Å². The number of hydrogen-bond donors (Lipinski definition) is 0. The Morgan fingerprint density at radius 2 is 2.26 bits per heavy atom. The number of methoxy groups -OCH3 is 1. The van der Waals surface area contributed by atoms with Crippen LogP contribution in [0.1, 0.15) is 23.0 Å². The summed E-state index contributed by atoms with van der Waals surface area (Å²) in [6.45, 7) is 2.54. The monoisotopic (exact) mass is 278 g/mol. The number of ketones is 1. The van der Waals surface area contributed by atoms with Crippen molar-refractivity contribution >= 4 is 17.4 Å². The Kier molecular flexibility index (Phi) is 4.22. The molecule has 2 aromatic rings. The third kappa shape index (κ3) is 2.96. The maximum absolute atomic E-state index is 12.3. The van der Waals surface area contributed by atoms with E-state index < -0.39 is 0 Å². The fourth-order valence-electron chi connectivity index (χ4n) is 1.93. The summed E-state index contributed by atoms with van der Waals surface area (Å²) in [4.78, 5) is 12.3. The molecule has 0 N–H and O–H groups in total. The minimum absolute atomic E-state index is 0.0439. The van der Waals surface area contributed by atoms with E-state index in [1.165, 1.54) is 6.20 Å². The molecule has 0 aliphatic rings. The van der Waals surface area contributed by atoms with E-state index in [4.69, 9.17) is 16.3 Å². The molecule has 4 nitrogen and oxygen atoms in total. The van der Waals surface area contributed by atoms with Crippen LogP contribution in [0.2, 0.25) is 5.02 Å². The van der Waals surface area contributed by atoms with E-state index in [0.717, 1.165) is 11.3 Å². The van der Waals surface area contributed by atoms with Gasteiger partial charge in [-0.25, -0.2) is 0 Å². The lowest BCUT2D eigenvalue weighted by molar-refractivity contribution is 0.0983. The van der Waals surface area contributed by atoms with E-state index in [1.54, 1.807) is 11.8 Å². The van der Waals surface area contributed by atoms with Crippen LogP contribution in [0.3, 0.4) is 0 Å². The highest BCUT2D eigenvalue weighted by molar-refractivity contribution is 6.33. The highest BCUT2D eigenvalue weighted by Gasteiger charge is 2.17. The second kappa shape index (κ2) is 5.89. The number of hydrogen-bond acceptors (Lipinski definition) is 3. The number of carbonyl (C=O) groups excluding carboxylic acids is 1. The lowest BCUT2D eigenvalue weighted by Crippen LogP contribution is -2.12. The smallest absolute Gasteiger partial charge is 0.186 e. The number of nitrogens with zero attached hydrogens (tertiary/aromatic N) is 2. The summed E-state index contributed by atoms with van der Waals surface area (Å²) in [5.41, 5.74) is 1.36. The van der Waals surface area contributed by atoms with Crippen LogP contribution in [0.15, 0.2) is 30.5 Å². The van der Waals surface area contributed by atoms with E-state index >= 15 is 0 Å². The molecular formula is C14H15ClN2O2. The molecule has 0 radical (unpaired) electrons. The van der Waals surface area contributed by atoms with Gasteiger partial charge in [0.25, 0.3) is 0 Å². The van der Waals surface area contributed by atoms with Crippen LogP contribution in [-0.2, 0) is 13.0 Å². The zero-order valence-corrected chi connectivity index (χ0v) is 11.6. The first kappa shape index (κ1) is 13.6. The molecule has 1 heterocycles. The average molecular weight is 279 g/mol. The Hall–Kier alpha value is -1.81. The lowest BCUT2D eigenvalue weighted by atomic mass is 10.1. The summed E-state index contributed by atoms with van der Waals surface area (Å²) in [6, 6.07) is 7.44.